The number of methoxy groups -OCH3 is 1. The van der Waals surface area contributed by atoms with E-state index in [1.165, 1.54) is 25.3 Å². The number of amides is 2. The van der Waals surface area contributed by atoms with Crippen LogP contribution in [0.5, 0.6) is 5.75 Å². The van der Waals surface area contributed by atoms with Gasteiger partial charge in [0.1, 0.15) is 11.6 Å². The molecule has 1 saturated heterocycles. The Balaban J connectivity index is 1.92. The third kappa shape index (κ3) is 4.23. The molecule has 0 unspecified atom stereocenters. The molecular weight excluding hydrogens is 313 g/mol. The van der Waals surface area contributed by atoms with Crippen molar-refractivity contribution < 1.29 is 18.7 Å². The molecule has 0 radical (unpaired) electrons. The van der Waals surface area contributed by atoms with Gasteiger partial charge in [-0.05, 0) is 32.0 Å². The minimum Gasteiger partial charge on any atom is -0.496 e. The van der Waals surface area contributed by atoms with Crippen molar-refractivity contribution in [2.45, 2.75) is 31.3 Å². The fraction of sp³-hybridized carbons (Fsp3) is 0.529. The zero-order chi connectivity index (χ0) is 17.7. The number of halogens is 1. The molecule has 0 bridgehead atoms. The van der Waals surface area contributed by atoms with Gasteiger partial charge < -0.3 is 15.4 Å². The summed E-state index contributed by atoms with van der Waals surface area (Å²) in [5.74, 6) is -0.511. The lowest BCUT2D eigenvalue weighted by Gasteiger charge is -2.25. The maximum Gasteiger partial charge on any atom is 0.255 e. The van der Waals surface area contributed by atoms with E-state index in [2.05, 4.69) is 15.5 Å². The van der Waals surface area contributed by atoms with Crippen LogP contribution in [0.1, 0.15) is 29.6 Å². The fourth-order valence-electron chi connectivity index (χ4n) is 3.06. The van der Waals surface area contributed by atoms with Crippen molar-refractivity contribution in [3.63, 3.8) is 0 Å². The van der Waals surface area contributed by atoms with E-state index < -0.39 is 5.82 Å². The Kier molecular flexibility index (Phi) is 6.14. The molecule has 7 heteroatoms. The van der Waals surface area contributed by atoms with Crippen LogP contribution in [0.25, 0.3) is 0 Å². The molecule has 2 atom stereocenters. The molecule has 2 amide bonds. The summed E-state index contributed by atoms with van der Waals surface area (Å²) in [5.41, 5.74) is 0.307. The number of ether oxygens (including phenoxy) is 1. The molecule has 1 aliphatic rings. The average Bonchev–Trinajstić information content (AvgIpc) is 2.92. The molecule has 1 heterocycles. The van der Waals surface area contributed by atoms with Crippen LogP contribution in [0.15, 0.2) is 18.2 Å². The zero-order valence-corrected chi connectivity index (χ0v) is 14.3. The number of likely N-dealkylation sites (N-methyl/N-ethyl adjacent to an activating group) is 1. The predicted octanol–water partition coefficient (Wildman–Crippen LogP) is 1.16. The third-order valence-electron chi connectivity index (χ3n) is 4.59. The second kappa shape index (κ2) is 8.10. The standard InChI is InChI=1S/C17H24FN3O3/c1-19-16(22)9-12-5-6-13(21(12)2)10-20-17(23)14-7-4-11(18)8-15(14)24-3/h4,7-8,12-13H,5-6,9-10H2,1-3H3,(H,19,22)(H,20,23)/t12-,13+/m1/s1. The van der Waals surface area contributed by atoms with Crippen LogP contribution < -0.4 is 15.4 Å². The summed E-state index contributed by atoms with van der Waals surface area (Å²) in [6.45, 7) is 0.472. The Morgan fingerprint density at radius 3 is 2.71 bits per heavy atom. The van der Waals surface area contributed by atoms with Gasteiger partial charge in [0, 0.05) is 38.2 Å². The van der Waals surface area contributed by atoms with Gasteiger partial charge in [-0.1, -0.05) is 0 Å². The molecule has 0 aliphatic carbocycles. The lowest BCUT2D eigenvalue weighted by atomic mass is 10.1. The Labute approximate surface area is 141 Å². The molecule has 2 rings (SSSR count). The molecule has 2 N–H and O–H groups in total. The number of nitrogens with zero attached hydrogens (tertiary/aromatic N) is 1. The number of rotatable bonds is 6. The Morgan fingerprint density at radius 2 is 2.04 bits per heavy atom. The first-order valence-electron chi connectivity index (χ1n) is 8.00. The van der Waals surface area contributed by atoms with Crippen LogP contribution in [0.3, 0.4) is 0 Å². The first-order valence-corrected chi connectivity index (χ1v) is 8.00. The molecule has 1 aromatic carbocycles. The van der Waals surface area contributed by atoms with Gasteiger partial charge in [-0.3, -0.25) is 14.5 Å². The van der Waals surface area contributed by atoms with E-state index >= 15 is 0 Å². The van der Waals surface area contributed by atoms with Gasteiger partial charge in [0.2, 0.25) is 5.91 Å². The SMILES string of the molecule is CNC(=O)C[C@H]1CC[C@@H](CNC(=O)c2ccc(F)cc2OC)N1C. The second-order valence-corrected chi connectivity index (χ2v) is 5.98. The predicted molar refractivity (Wildman–Crippen MR) is 88.5 cm³/mol. The summed E-state index contributed by atoms with van der Waals surface area (Å²) in [6, 6.07) is 4.20. The van der Waals surface area contributed by atoms with Crippen LogP contribution in [0, 0.1) is 5.82 Å². The Morgan fingerprint density at radius 1 is 1.33 bits per heavy atom. The molecule has 1 fully saturated rings. The van der Waals surface area contributed by atoms with Crippen LogP contribution in [0.2, 0.25) is 0 Å². The summed E-state index contributed by atoms with van der Waals surface area (Å²) in [5, 5.41) is 5.51. The van der Waals surface area contributed by atoms with E-state index in [0.717, 1.165) is 12.8 Å². The molecular formula is C17H24FN3O3. The van der Waals surface area contributed by atoms with Crippen molar-refractivity contribution in [3.05, 3.63) is 29.6 Å². The quantitative estimate of drug-likeness (QED) is 0.817. The molecule has 1 aromatic rings. The zero-order valence-electron chi connectivity index (χ0n) is 14.3. The molecule has 0 spiro atoms. The van der Waals surface area contributed by atoms with Crippen molar-refractivity contribution >= 4 is 11.8 Å². The van der Waals surface area contributed by atoms with Gasteiger partial charge in [-0.25, -0.2) is 4.39 Å². The second-order valence-electron chi connectivity index (χ2n) is 5.98. The Bertz CT molecular complexity index is 609. The molecule has 1 aliphatic heterocycles. The topological polar surface area (TPSA) is 70.7 Å². The molecule has 6 nitrogen and oxygen atoms in total. The van der Waals surface area contributed by atoms with E-state index in [9.17, 15) is 14.0 Å². The van der Waals surface area contributed by atoms with Crippen molar-refractivity contribution in [1.29, 1.82) is 0 Å². The van der Waals surface area contributed by atoms with Crippen LogP contribution in [0.4, 0.5) is 4.39 Å². The van der Waals surface area contributed by atoms with Gasteiger partial charge in [-0.15, -0.1) is 0 Å². The molecule has 0 saturated carbocycles. The lowest BCUT2D eigenvalue weighted by Crippen LogP contribution is -2.42. The van der Waals surface area contributed by atoms with Crippen LogP contribution in [-0.4, -0.2) is 56.5 Å². The van der Waals surface area contributed by atoms with E-state index in [4.69, 9.17) is 4.74 Å². The fourth-order valence-corrected chi connectivity index (χ4v) is 3.06. The lowest BCUT2D eigenvalue weighted by molar-refractivity contribution is -0.121. The smallest absolute Gasteiger partial charge is 0.255 e. The highest BCUT2D eigenvalue weighted by Crippen LogP contribution is 2.24. The highest BCUT2D eigenvalue weighted by atomic mass is 19.1. The maximum atomic E-state index is 13.2. The van der Waals surface area contributed by atoms with Crippen molar-refractivity contribution in [2.24, 2.45) is 0 Å². The normalized spacial score (nSPS) is 20.7. The summed E-state index contributed by atoms with van der Waals surface area (Å²) in [7, 11) is 5.00. The van der Waals surface area contributed by atoms with E-state index in [0.29, 0.717) is 18.5 Å². The van der Waals surface area contributed by atoms with E-state index in [1.54, 1.807) is 7.05 Å². The van der Waals surface area contributed by atoms with Gasteiger partial charge in [0.25, 0.3) is 5.91 Å². The number of hydrogen-bond donors (Lipinski definition) is 2. The molecule has 132 valence electrons. The number of carbonyl (C=O) groups is 2. The highest BCUT2D eigenvalue weighted by Gasteiger charge is 2.31. The van der Waals surface area contributed by atoms with Crippen LogP contribution >= 0.6 is 0 Å². The highest BCUT2D eigenvalue weighted by molar-refractivity contribution is 5.96. The van der Waals surface area contributed by atoms with Crippen molar-refractivity contribution in [1.82, 2.24) is 15.5 Å². The average molecular weight is 337 g/mol. The monoisotopic (exact) mass is 337 g/mol. The summed E-state index contributed by atoms with van der Waals surface area (Å²) in [4.78, 5) is 26.0. The van der Waals surface area contributed by atoms with Gasteiger partial charge in [0.15, 0.2) is 0 Å². The first-order chi connectivity index (χ1) is 11.5. The van der Waals surface area contributed by atoms with E-state index in [1.807, 2.05) is 7.05 Å². The van der Waals surface area contributed by atoms with E-state index in [-0.39, 0.29) is 29.6 Å². The number of hydrogen-bond acceptors (Lipinski definition) is 4. The summed E-state index contributed by atoms with van der Waals surface area (Å²) >= 11 is 0. The number of likely N-dealkylation sites (tertiary alicyclic amines) is 1. The third-order valence-corrected chi connectivity index (χ3v) is 4.59. The van der Waals surface area contributed by atoms with Crippen LogP contribution in [-0.2, 0) is 4.79 Å². The maximum absolute atomic E-state index is 13.2. The minimum absolute atomic E-state index is 0.0209. The van der Waals surface area contributed by atoms with Gasteiger partial charge in [0.05, 0.1) is 12.7 Å². The molecule has 0 aromatic heterocycles. The number of carbonyl (C=O) groups excluding carboxylic acids is 2. The van der Waals surface area contributed by atoms with Gasteiger partial charge >= 0.3 is 0 Å². The summed E-state index contributed by atoms with van der Waals surface area (Å²) < 4.78 is 18.3. The largest absolute Gasteiger partial charge is 0.496 e. The summed E-state index contributed by atoms with van der Waals surface area (Å²) in [6.07, 6.45) is 2.30. The number of nitrogens with one attached hydrogen (secondary N) is 2. The Hall–Kier alpha value is -2.15. The van der Waals surface area contributed by atoms with Crippen molar-refractivity contribution in [3.8, 4) is 5.75 Å². The first kappa shape index (κ1) is 18.2. The van der Waals surface area contributed by atoms with Gasteiger partial charge in [-0.2, -0.15) is 0 Å². The number of benzene rings is 1. The minimum atomic E-state index is -0.448. The molecule has 24 heavy (non-hydrogen) atoms. The van der Waals surface area contributed by atoms with Crippen molar-refractivity contribution in [2.75, 3.05) is 27.7 Å².